The number of rotatable bonds is 2. The van der Waals surface area contributed by atoms with Crippen molar-refractivity contribution < 1.29 is 14.1 Å². The van der Waals surface area contributed by atoms with Gasteiger partial charge in [0.05, 0.1) is 14.9 Å². The second-order valence-corrected chi connectivity index (χ2v) is 7.07. The molecule has 0 aromatic carbocycles. The summed E-state index contributed by atoms with van der Waals surface area (Å²) in [6, 6.07) is 1.84. The number of nitrogens with zero attached hydrogens (tertiary/aromatic N) is 1. The number of hydrogen-bond donors (Lipinski definition) is 0. The summed E-state index contributed by atoms with van der Waals surface area (Å²) < 4.78 is 12.2. The highest BCUT2D eigenvalue weighted by molar-refractivity contribution is 9.11. The second-order valence-electron chi connectivity index (χ2n) is 4.64. The molecule has 4 nitrogen and oxygen atoms in total. The zero-order valence-corrected chi connectivity index (χ0v) is 12.1. The molecule has 0 aliphatic heterocycles. The number of carbonyl (C=O) groups is 1. The van der Waals surface area contributed by atoms with Crippen LogP contribution in [0.3, 0.4) is 0 Å². The molecule has 0 fully saturated rings. The van der Waals surface area contributed by atoms with Crippen LogP contribution in [-0.4, -0.2) is 16.7 Å². The third-order valence-corrected chi connectivity index (χ3v) is 3.58. The van der Waals surface area contributed by atoms with E-state index in [0.717, 1.165) is 8.49 Å². The van der Waals surface area contributed by atoms with Crippen molar-refractivity contribution in [1.82, 2.24) is 5.16 Å². The van der Waals surface area contributed by atoms with Crippen molar-refractivity contribution in [2.75, 3.05) is 0 Å². The first kappa shape index (κ1) is 12.6. The zero-order valence-electron chi connectivity index (χ0n) is 9.74. The highest BCUT2D eigenvalue weighted by Crippen LogP contribution is 2.32. The van der Waals surface area contributed by atoms with Gasteiger partial charge in [0, 0.05) is 6.07 Å². The fraction of sp³-hybridized carbons (Fsp3) is 0.455. The molecule has 0 aliphatic carbocycles. The van der Waals surface area contributed by atoms with E-state index in [1.807, 2.05) is 26.8 Å². The van der Waals surface area contributed by atoms with Gasteiger partial charge in [0.2, 0.25) is 0 Å². The van der Waals surface area contributed by atoms with Gasteiger partial charge in [0.25, 0.3) is 0 Å². The third kappa shape index (κ3) is 3.07. The first-order valence-corrected chi connectivity index (χ1v) is 6.71. The van der Waals surface area contributed by atoms with Crippen LogP contribution < -0.4 is 0 Å². The summed E-state index contributed by atoms with van der Waals surface area (Å²) in [4.78, 5) is 11.7. The predicted molar refractivity (Wildman–Crippen MR) is 69.1 cm³/mol. The first-order valence-electron chi connectivity index (χ1n) is 5.10. The van der Waals surface area contributed by atoms with Crippen LogP contribution in [0.2, 0.25) is 0 Å². The Morgan fingerprint density at radius 1 is 1.59 bits per heavy atom. The van der Waals surface area contributed by atoms with E-state index in [-0.39, 0.29) is 12.4 Å². The second kappa shape index (κ2) is 4.42. The van der Waals surface area contributed by atoms with Crippen molar-refractivity contribution in [3.05, 3.63) is 15.5 Å². The Balaban J connectivity index is 2.15. The van der Waals surface area contributed by atoms with Crippen LogP contribution in [0.4, 0.5) is 0 Å². The number of hydrogen-bond acceptors (Lipinski definition) is 5. The molecule has 0 saturated heterocycles. The van der Waals surface area contributed by atoms with Gasteiger partial charge < -0.3 is 9.26 Å². The Bertz CT molecular complexity index is 553. The minimum Gasteiger partial charge on any atom is -0.460 e. The van der Waals surface area contributed by atoms with Crippen LogP contribution in [0.1, 0.15) is 26.5 Å². The van der Waals surface area contributed by atoms with Crippen LogP contribution >= 0.6 is 27.3 Å². The number of halogens is 1. The molecular weight excluding hydrogens is 306 g/mol. The summed E-state index contributed by atoms with van der Waals surface area (Å²) in [7, 11) is 0. The van der Waals surface area contributed by atoms with Gasteiger partial charge in [-0.15, -0.1) is 11.3 Å². The summed E-state index contributed by atoms with van der Waals surface area (Å²) in [5.41, 5.74) is 0.848. The summed E-state index contributed by atoms with van der Waals surface area (Å²) >= 11 is 4.87. The van der Waals surface area contributed by atoms with E-state index in [4.69, 9.17) is 9.26 Å². The molecule has 2 aromatic heterocycles. The maximum Gasteiger partial charge on any atom is 0.312 e. The normalized spacial score (nSPS) is 12.0. The van der Waals surface area contributed by atoms with Crippen LogP contribution in [0.5, 0.6) is 0 Å². The van der Waals surface area contributed by atoms with E-state index in [2.05, 4.69) is 21.1 Å². The quantitative estimate of drug-likeness (QED) is 0.795. The number of ether oxygens (including phenoxy) is 1. The van der Waals surface area contributed by atoms with Gasteiger partial charge in [-0.1, -0.05) is 5.16 Å². The lowest BCUT2D eigenvalue weighted by Crippen LogP contribution is -2.25. The molecule has 0 bridgehead atoms. The number of thiophene rings is 1. The molecule has 0 aliphatic rings. The standard InChI is InChI=1S/C11H12BrNO3S/c1-11(2,3)15-9(14)4-6-10-7(16-13-6)5-8(12)17-10/h5H,4H2,1-3H3. The summed E-state index contributed by atoms with van der Waals surface area (Å²) in [6.45, 7) is 5.51. The first-order chi connectivity index (χ1) is 7.85. The Labute approximate surface area is 111 Å². The van der Waals surface area contributed by atoms with Gasteiger partial charge in [0.15, 0.2) is 5.58 Å². The molecule has 0 radical (unpaired) electrons. The molecule has 0 saturated carbocycles. The number of esters is 1. The molecule has 92 valence electrons. The minimum absolute atomic E-state index is 0.136. The molecule has 0 N–H and O–H groups in total. The van der Waals surface area contributed by atoms with E-state index >= 15 is 0 Å². The zero-order chi connectivity index (χ0) is 12.6. The summed E-state index contributed by atoms with van der Waals surface area (Å²) in [5, 5.41) is 3.88. The van der Waals surface area contributed by atoms with Crippen molar-refractivity contribution in [3.8, 4) is 0 Å². The Morgan fingerprint density at radius 3 is 2.94 bits per heavy atom. The van der Waals surface area contributed by atoms with Crippen molar-refractivity contribution in [2.45, 2.75) is 32.8 Å². The molecule has 6 heteroatoms. The van der Waals surface area contributed by atoms with Gasteiger partial charge in [-0.25, -0.2) is 0 Å². The van der Waals surface area contributed by atoms with Crippen molar-refractivity contribution in [1.29, 1.82) is 0 Å². The highest BCUT2D eigenvalue weighted by Gasteiger charge is 2.20. The van der Waals surface area contributed by atoms with E-state index in [1.54, 1.807) is 0 Å². The van der Waals surface area contributed by atoms with Crippen molar-refractivity contribution in [3.63, 3.8) is 0 Å². The number of aromatic nitrogens is 1. The van der Waals surface area contributed by atoms with Gasteiger partial charge in [0.1, 0.15) is 11.3 Å². The van der Waals surface area contributed by atoms with Gasteiger partial charge >= 0.3 is 5.97 Å². The van der Waals surface area contributed by atoms with E-state index < -0.39 is 5.60 Å². The highest BCUT2D eigenvalue weighted by atomic mass is 79.9. The molecular formula is C11H12BrNO3S. The van der Waals surface area contributed by atoms with Crippen LogP contribution in [0.25, 0.3) is 10.3 Å². The van der Waals surface area contributed by atoms with Crippen LogP contribution in [0, 0.1) is 0 Å². The predicted octanol–water partition coefficient (Wildman–Crippen LogP) is 3.54. The van der Waals surface area contributed by atoms with Gasteiger partial charge in [-0.05, 0) is 36.7 Å². The molecule has 17 heavy (non-hydrogen) atoms. The molecule has 0 spiro atoms. The maximum absolute atomic E-state index is 11.7. The van der Waals surface area contributed by atoms with E-state index in [9.17, 15) is 4.79 Å². The van der Waals surface area contributed by atoms with Crippen LogP contribution in [-0.2, 0) is 16.0 Å². The van der Waals surface area contributed by atoms with E-state index in [0.29, 0.717) is 11.3 Å². The maximum atomic E-state index is 11.7. The summed E-state index contributed by atoms with van der Waals surface area (Å²) in [6.07, 6.45) is 0.136. The smallest absolute Gasteiger partial charge is 0.312 e. The molecule has 2 aromatic rings. The monoisotopic (exact) mass is 317 g/mol. The average molecular weight is 318 g/mol. The minimum atomic E-state index is -0.476. The average Bonchev–Trinajstić information content (AvgIpc) is 2.63. The molecule has 2 rings (SSSR count). The van der Waals surface area contributed by atoms with Gasteiger partial charge in [-0.3, -0.25) is 4.79 Å². The fourth-order valence-corrected chi connectivity index (χ4v) is 2.87. The van der Waals surface area contributed by atoms with Gasteiger partial charge in [-0.2, -0.15) is 0 Å². The summed E-state index contributed by atoms with van der Waals surface area (Å²) in [5.74, 6) is -0.294. The lowest BCUT2D eigenvalue weighted by Gasteiger charge is -2.18. The topological polar surface area (TPSA) is 52.3 Å². The fourth-order valence-electron chi connectivity index (χ4n) is 1.39. The number of carbonyl (C=O) groups excluding carboxylic acids is 1. The lowest BCUT2D eigenvalue weighted by molar-refractivity contribution is -0.154. The lowest BCUT2D eigenvalue weighted by atomic mass is 10.2. The SMILES string of the molecule is CC(C)(C)OC(=O)Cc1noc2cc(Br)sc12. The Morgan fingerprint density at radius 2 is 2.29 bits per heavy atom. The largest absolute Gasteiger partial charge is 0.460 e. The Hall–Kier alpha value is -0.880. The third-order valence-electron chi connectivity index (χ3n) is 1.92. The van der Waals surface area contributed by atoms with Crippen molar-refractivity contribution >= 4 is 43.5 Å². The molecule has 2 heterocycles. The van der Waals surface area contributed by atoms with Crippen molar-refractivity contribution in [2.24, 2.45) is 0 Å². The Kier molecular flexibility index (Phi) is 3.27. The molecule has 0 atom stereocenters. The van der Waals surface area contributed by atoms with Crippen LogP contribution in [0.15, 0.2) is 14.4 Å². The number of fused-ring (bicyclic) bond motifs is 1. The van der Waals surface area contributed by atoms with E-state index in [1.165, 1.54) is 11.3 Å². The molecule has 0 amide bonds. The molecule has 0 unspecified atom stereocenters.